The van der Waals surface area contributed by atoms with Gasteiger partial charge in [0.15, 0.2) is 6.23 Å². The summed E-state index contributed by atoms with van der Waals surface area (Å²) in [5.41, 5.74) is 4.07. The number of nitrogens with zero attached hydrogens (tertiary/aromatic N) is 2. The Morgan fingerprint density at radius 1 is 1.50 bits per heavy atom. The van der Waals surface area contributed by atoms with Gasteiger partial charge in [0.1, 0.15) is 24.1 Å². The van der Waals surface area contributed by atoms with Gasteiger partial charge in [-0.1, -0.05) is 0 Å². The molecule has 1 aromatic rings. The highest BCUT2D eigenvalue weighted by molar-refractivity contribution is 5.86. The second-order valence-corrected chi connectivity index (χ2v) is 4.22. The van der Waals surface area contributed by atoms with Gasteiger partial charge >= 0.3 is 11.7 Å². The van der Waals surface area contributed by atoms with E-state index in [1.165, 1.54) is 12.3 Å². The van der Waals surface area contributed by atoms with Crippen LogP contribution in [0.3, 0.4) is 0 Å². The van der Waals surface area contributed by atoms with Crippen molar-refractivity contribution in [1.29, 1.82) is 0 Å². The Morgan fingerprint density at radius 3 is 2.70 bits per heavy atom. The fourth-order valence-corrected chi connectivity index (χ4v) is 1.91. The molecule has 2 rings (SSSR count). The predicted molar refractivity (Wildman–Crippen MR) is 64.7 cm³/mol. The highest BCUT2D eigenvalue weighted by Gasteiger charge is 2.43. The van der Waals surface area contributed by atoms with Crippen molar-refractivity contribution in [2.24, 2.45) is 5.73 Å². The van der Waals surface area contributed by atoms with Crippen LogP contribution >= 0.6 is 0 Å². The van der Waals surface area contributed by atoms with E-state index in [4.69, 9.17) is 15.6 Å². The van der Waals surface area contributed by atoms with Crippen molar-refractivity contribution in [3.05, 3.63) is 22.7 Å². The lowest BCUT2D eigenvalue weighted by Gasteiger charge is -2.17. The number of primary amides is 1. The fourth-order valence-electron chi connectivity index (χ4n) is 1.91. The molecule has 2 heterocycles. The molecule has 1 saturated heterocycles. The van der Waals surface area contributed by atoms with E-state index >= 15 is 0 Å². The van der Waals surface area contributed by atoms with Gasteiger partial charge in [-0.3, -0.25) is 9.88 Å². The molecule has 1 aromatic heterocycles. The van der Waals surface area contributed by atoms with Crippen LogP contribution in [0.25, 0.3) is 0 Å². The highest BCUT2D eigenvalue weighted by atomic mass is 16.6. The molecule has 0 aromatic carbocycles. The van der Waals surface area contributed by atoms with E-state index in [2.05, 4.69) is 10.3 Å². The highest BCUT2D eigenvalue weighted by Crippen LogP contribution is 2.27. The van der Waals surface area contributed by atoms with Crippen LogP contribution in [0.4, 0.5) is 10.6 Å². The summed E-state index contributed by atoms with van der Waals surface area (Å²) < 4.78 is 6.12. The molecule has 0 bridgehead atoms. The van der Waals surface area contributed by atoms with E-state index in [1.807, 2.05) is 0 Å². The summed E-state index contributed by atoms with van der Waals surface area (Å²) in [5, 5.41) is 30.5. The van der Waals surface area contributed by atoms with Crippen LogP contribution in [-0.4, -0.2) is 55.8 Å². The third-order valence-corrected chi connectivity index (χ3v) is 2.87. The summed E-state index contributed by atoms with van der Waals surface area (Å²) in [6, 6.07) is 0.406. The van der Waals surface area contributed by atoms with Gasteiger partial charge in [-0.25, -0.2) is 9.59 Å². The SMILES string of the molecule is NC(=O)Nc1ccn([C@@H]2O[C@H](CO)[C@@H](O)[C@H]2O)c(=O)n1. The monoisotopic (exact) mass is 286 g/mol. The zero-order valence-corrected chi connectivity index (χ0v) is 10.2. The first-order valence-corrected chi connectivity index (χ1v) is 5.72. The van der Waals surface area contributed by atoms with Gasteiger partial charge in [-0.15, -0.1) is 0 Å². The number of hydrogen-bond acceptors (Lipinski definition) is 7. The molecule has 10 heteroatoms. The van der Waals surface area contributed by atoms with Crippen LogP contribution in [0.15, 0.2) is 17.1 Å². The lowest BCUT2D eigenvalue weighted by Crippen LogP contribution is -2.36. The average Bonchev–Trinajstić information content (AvgIpc) is 2.66. The van der Waals surface area contributed by atoms with Crippen molar-refractivity contribution in [3.8, 4) is 0 Å². The molecule has 1 fully saturated rings. The zero-order chi connectivity index (χ0) is 14.9. The number of nitrogens with two attached hydrogens (primary N) is 1. The maximum absolute atomic E-state index is 11.8. The number of aliphatic hydroxyl groups excluding tert-OH is 3. The molecule has 4 atom stereocenters. The number of carbonyl (C=O) groups is 1. The first-order chi connectivity index (χ1) is 9.43. The summed E-state index contributed by atoms with van der Waals surface area (Å²) in [7, 11) is 0. The molecule has 20 heavy (non-hydrogen) atoms. The smallest absolute Gasteiger partial charge is 0.351 e. The Labute approximate surface area is 112 Å². The number of aliphatic hydroxyl groups is 3. The van der Waals surface area contributed by atoms with Crippen LogP contribution in [0.2, 0.25) is 0 Å². The summed E-state index contributed by atoms with van der Waals surface area (Å²) >= 11 is 0. The molecule has 10 nitrogen and oxygen atoms in total. The molecule has 0 unspecified atom stereocenters. The van der Waals surface area contributed by atoms with Crippen molar-refractivity contribution in [2.75, 3.05) is 11.9 Å². The number of rotatable bonds is 3. The summed E-state index contributed by atoms with van der Waals surface area (Å²) in [6.07, 6.45) is -3.65. The second-order valence-electron chi connectivity index (χ2n) is 4.22. The van der Waals surface area contributed by atoms with Gasteiger partial charge in [0.05, 0.1) is 6.61 Å². The van der Waals surface area contributed by atoms with Gasteiger partial charge in [-0.2, -0.15) is 4.98 Å². The number of hydrogen-bond donors (Lipinski definition) is 5. The largest absolute Gasteiger partial charge is 0.394 e. The summed E-state index contributed by atoms with van der Waals surface area (Å²) in [5.74, 6) is -0.0505. The number of anilines is 1. The Kier molecular flexibility index (Phi) is 3.99. The van der Waals surface area contributed by atoms with E-state index in [0.29, 0.717) is 0 Å². The van der Waals surface area contributed by atoms with Crippen molar-refractivity contribution in [1.82, 2.24) is 9.55 Å². The zero-order valence-electron chi connectivity index (χ0n) is 10.2. The van der Waals surface area contributed by atoms with Gasteiger partial charge in [0, 0.05) is 6.20 Å². The number of ether oxygens (including phenoxy) is 1. The average molecular weight is 286 g/mol. The molecule has 1 aliphatic rings. The number of amides is 2. The van der Waals surface area contributed by atoms with E-state index < -0.39 is 42.9 Å². The van der Waals surface area contributed by atoms with Crippen LogP contribution in [0.1, 0.15) is 6.23 Å². The van der Waals surface area contributed by atoms with Crippen LogP contribution < -0.4 is 16.7 Å². The van der Waals surface area contributed by atoms with Crippen molar-refractivity contribution in [3.63, 3.8) is 0 Å². The van der Waals surface area contributed by atoms with E-state index in [1.54, 1.807) is 0 Å². The second kappa shape index (κ2) is 5.54. The molecule has 0 radical (unpaired) electrons. The van der Waals surface area contributed by atoms with Crippen molar-refractivity contribution < 1.29 is 24.9 Å². The molecule has 0 saturated carbocycles. The maximum Gasteiger partial charge on any atom is 0.351 e. The number of aromatic nitrogens is 2. The number of carbonyl (C=O) groups excluding carboxylic acids is 1. The number of urea groups is 1. The molecule has 1 aliphatic heterocycles. The molecule has 0 aliphatic carbocycles. The standard InChI is InChI=1S/C10H14N4O6/c11-9(18)12-5-1-2-14(10(19)13-5)8-7(17)6(16)4(3-15)20-8/h1-2,4,6-8,15-17H,3H2,(H3,11,12,13,18,19)/t4-,6-,7-,8-/m1/s1. The predicted octanol–water partition coefficient (Wildman–Crippen LogP) is -2.65. The quantitative estimate of drug-likeness (QED) is 0.405. The Hall–Kier alpha value is -2.01. The first kappa shape index (κ1) is 14.4. The van der Waals surface area contributed by atoms with E-state index in [9.17, 15) is 19.8 Å². The fraction of sp³-hybridized carbons (Fsp3) is 0.500. The van der Waals surface area contributed by atoms with E-state index in [-0.39, 0.29) is 5.82 Å². The van der Waals surface area contributed by atoms with Gasteiger partial charge in [0.2, 0.25) is 0 Å². The van der Waals surface area contributed by atoms with Gasteiger partial charge in [-0.05, 0) is 6.07 Å². The summed E-state index contributed by atoms with van der Waals surface area (Å²) in [4.78, 5) is 25.9. The topological polar surface area (TPSA) is 160 Å². The lowest BCUT2D eigenvalue weighted by atomic mass is 10.1. The lowest BCUT2D eigenvalue weighted by molar-refractivity contribution is -0.0549. The molecule has 0 spiro atoms. The normalized spacial score (nSPS) is 29.4. The van der Waals surface area contributed by atoms with Crippen LogP contribution in [-0.2, 0) is 4.74 Å². The van der Waals surface area contributed by atoms with Crippen molar-refractivity contribution in [2.45, 2.75) is 24.5 Å². The minimum atomic E-state index is -1.39. The van der Waals surface area contributed by atoms with E-state index in [0.717, 1.165) is 4.57 Å². The maximum atomic E-state index is 11.8. The van der Waals surface area contributed by atoms with Gasteiger partial charge in [0.25, 0.3) is 0 Å². The molecule has 6 N–H and O–H groups in total. The molecule has 110 valence electrons. The Bertz CT molecular complexity index is 561. The van der Waals surface area contributed by atoms with Crippen LogP contribution in [0.5, 0.6) is 0 Å². The third-order valence-electron chi connectivity index (χ3n) is 2.87. The Morgan fingerprint density at radius 2 is 2.20 bits per heavy atom. The summed E-state index contributed by atoms with van der Waals surface area (Å²) in [6.45, 7) is -0.502. The van der Waals surface area contributed by atoms with Crippen molar-refractivity contribution >= 4 is 11.8 Å². The minimum Gasteiger partial charge on any atom is -0.394 e. The third kappa shape index (κ3) is 2.63. The first-order valence-electron chi connectivity index (χ1n) is 5.72. The Balaban J connectivity index is 2.26. The molecule has 2 amide bonds. The van der Waals surface area contributed by atoms with Crippen LogP contribution in [0, 0.1) is 0 Å². The number of nitrogens with one attached hydrogen (secondary N) is 1. The molecular weight excluding hydrogens is 272 g/mol. The molecular formula is C10H14N4O6. The van der Waals surface area contributed by atoms with Gasteiger partial charge < -0.3 is 25.8 Å². The minimum absolute atomic E-state index is 0.0505.